The summed E-state index contributed by atoms with van der Waals surface area (Å²) < 4.78 is 22.5. The second-order valence-corrected chi connectivity index (χ2v) is 4.92. The van der Waals surface area contributed by atoms with Gasteiger partial charge in [-0.25, -0.2) is 13.6 Å². The van der Waals surface area contributed by atoms with E-state index in [-0.39, 0.29) is 4.90 Å². The average Bonchev–Trinajstić information content (AvgIpc) is 2.15. The molecule has 0 unspecified atom stereocenters. The summed E-state index contributed by atoms with van der Waals surface area (Å²) in [5, 5.41) is 6.83. The van der Waals surface area contributed by atoms with Crippen molar-refractivity contribution in [3.8, 4) is 0 Å². The molecule has 15 heavy (non-hydrogen) atoms. The van der Waals surface area contributed by atoms with Crippen molar-refractivity contribution in [2.24, 2.45) is 5.14 Å². The quantitative estimate of drug-likeness (QED) is 0.787. The third-order valence-electron chi connectivity index (χ3n) is 2.24. The molecule has 0 aliphatic rings. The summed E-state index contributed by atoms with van der Waals surface area (Å²) in [5.41, 5.74) is 0.637. The van der Waals surface area contributed by atoms with Gasteiger partial charge in [-0.3, -0.25) is 4.98 Å². The molecular formula is C10H10N2O2S. The maximum Gasteiger partial charge on any atom is 0.238 e. The molecule has 2 aromatic rings. The highest BCUT2D eigenvalue weighted by Crippen LogP contribution is 2.21. The molecular weight excluding hydrogens is 212 g/mol. The molecule has 0 amide bonds. The van der Waals surface area contributed by atoms with Crippen molar-refractivity contribution in [1.29, 1.82) is 0 Å². The summed E-state index contributed by atoms with van der Waals surface area (Å²) in [5.74, 6) is 0. The first-order valence-electron chi connectivity index (χ1n) is 4.35. The zero-order valence-corrected chi connectivity index (χ0v) is 8.95. The number of benzene rings is 1. The van der Waals surface area contributed by atoms with Gasteiger partial charge in [-0.05, 0) is 36.1 Å². The summed E-state index contributed by atoms with van der Waals surface area (Å²) in [7, 11) is -3.65. The molecule has 5 heteroatoms. The highest BCUT2D eigenvalue weighted by atomic mass is 32.2. The highest BCUT2D eigenvalue weighted by Gasteiger charge is 2.11. The minimum absolute atomic E-state index is 0.168. The number of primary sulfonamides is 1. The van der Waals surface area contributed by atoms with Crippen molar-refractivity contribution in [1.82, 2.24) is 4.98 Å². The minimum atomic E-state index is -3.65. The predicted molar refractivity (Wildman–Crippen MR) is 57.9 cm³/mol. The summed E-state index contributed by atoms with van der Waals surface area (Å²) in [6.45, 7) is 1.71. The largest absolute Gasteiger partial charge is 0.264 e. The maximum atomic E-state index is 11.3. The second kappa shape index (κ2) is 3.29. The fourth-order valence-electron chi connectivity index (χ4n) is 1.54. The topological polar surface area (TPSA) is 73.0 Å². The van der Waals surface area contributed by atoms with Gasteiger partial charge in [0.2, 0.25) is 10.0 Å². The van der Waals surface area contributed by atoms with Crippen LogP contribution in [0.4, 0.5) is 0 Å². The molecule has 0 saturated carbocycles. The van der Waals surface area contributed by atoms with Crippen LogP contribution in [0.2, 0.25) is 0 Å². The van der Waals surface area contributed by atoms with Crippen LogP contribution in [0.5, 0.6) is 0 Å². The van der Waals surface area contributed by atoms with Gasteiger partial charge in [0, 0.05) is 17.8 Å². The maximum absolute atomic E-state index is 11.3. The van der Waals surface area contributed by atoms with Crippen LogP contribution in [0, 0.1) is 6.92 Å². The molecule has 0 saturated heterocycles. The van der Waals surface area contributed by atoms with E-state index in [1.807, 2.05) is 0 Å². The molecule has 1 aromatic carbocycles. The number of hydrogen-bond donors (Lipinski definition) is 1. The first kappa shape index (κ1) is 10.1. The monoisotopic (exact) mass is 222 g/mol. The minimum Gasteiger partial charge on any atom is -0.264 e. The van der Waals surface area contributed by atoms with E-state index in [9.17, 15) is 8.42 Å². The Hall–Kier alpha value is -1.46. The first-order chi connectivity index (χ1) is 6.98. The lowest BCUT2D eigenvalue weighted by molar-refractivity contribution is 0.597. The summed E-state index contributed by atoms with van der Waals surface area (Å²) in [6, 6.07) is 5.09. The van der Waals surface area contributed by atoms with E-state index in [4.69, 9.17) is 5.14 Å². The third-order valence-corrected chi connectivity index (χ3v) is 3.29. The number of nitrogens with two attached hydrogens (primary N) is 1. The van der Waals surface area contributed by atoms with Crippen LogP contribution in [-0.2, 0) is 10.0 Å². The van der Waals surface area contributed by atoms with Gasteiger partial charge in [-0.15, -0.1) is 0 Å². The molecule has 4 nitrogen and oxygen atoms in total. The number of hydrogen-bond acceptors (Lipinski definition) is 3. The number of aryl methyl sites for hydroxylation is 1. The summed E-state index contributed by atoms with van der Waals surface area (Å²) in [6.07, 6.45) is 3.31. The van der Waals surface area contributed by atoms with Gasteiger partial charge in [0.05, 0.1) is 4.90 Å². The van der Waals surface area contributed by atoms with Gasteiger partial charge in [0.15, 0.2) is 0 Å². The second-order valence-electron chi connectivity index (χ2n) is 3.39. The Morgan fingerprint density at radius 1 is 1.27 bits per heavy atom. The molecule has 2 N–H and O–H groups in total. The smallest absolute Gasteiger partial charge is 0.238 e. The van der Waals surface area contributed by atoms with Crippen LogP contribution < -0.4 is 5.14 Å². The van der Waals surface area contributed by atoms with Gasteiger partial charge in [0.25, 0.3) is 0 Å². The molecule has 0 fully saturated rings. The normalized spacial score (nSPS) is 11.9. The van der Waals surface area contributed by atoms with Crippen LogP contribution in [0.15, 0.2) is 35.5 Å². The van der Waals surface area contributed by atoms with E-state index in [1.54, 1.807) is 37.5 Å². The lowest BCUT2D eigenvalue weighted by Crippen LogP contribution is -2.13. The van der Waals surface area contributed by atoms with Crippen molar-refractivity contribution in [3.63, 3.8) is 0 Å². The molecule has 0 atom stereocenters. The number of fused-ring (bicyclic) bond motifs is 1. The lowest BCUT2D eigenvalue weighted by atomic mass is 10.1. The fourth-order valence-corrected chi connectivity index (χ4v) is 2.33. The van der Waals surface area contributed by atoms with Crippen LogP contribution in [0.3, 0.4) is 0 Å². The lowest BCUT2D eigenvalue weighted by Gasteiger charge is -2.05. The van der Waals surface area contributed by atoms with E-state index in [0.29, 0.717) is 5.56 Å². The number of nitrogens with zero attached hydrogens (tertiary/aromatic N) is 1. The van der Waals surface area contributed by atoms with Crippen LogP contribution in [-0.4, -0.2) is 13.4 Å². The Bertz CT molecular complexity index is 620. The Labute approximate surface area is 87.8 Å². The Balaban J connectivity index is 2.84. The van der Waals surface area contributed by atoms with Crippen molar-refractivity contribution < 1.29 is 8.42 Å². The van der Waals surface area contributed by atoms with Gasteiger partial charge >= 0.3 is 0 Å². The van der Waals surface area contributed by atoms with Crippen LogP contribution in [0.25, 0.3) is 10.8 Å². The Kier molecular flexibility index (Phi) is 2.21. The molecule has 0 aliphatic heterocycles. The van der Waals surface area contributed by atoms with E-state index < -0.39 is 10.0 Å². The first-order valence-corrected chi connectivity index (χ1v) is 5.90. The molecule has 0 radical (unpaired) electrons. The zero-order valence-electron chi connectivity index (χ0n) is 8.14. The Morgan fingerprint density at radius 2 is 2.00 bits per heavy atom. The SMILES string of the molecule is Cc1cc2cnccc2cc1S(N)(=O)=O. The molecule has 1 heterocycles. The summed E-state index contributed by atoms with van der Waals surface area (Å²) in [4.78, 5) is 4.13. The molecule has 78 valence electrons. The predicted octanol–water partition coefficient (Wildman–Crippen LogP) is 1.19. The highest BCUT2D eigenvalue weighted by molar-refractivity contribution is 7.89. The van der Waals surface area contributed by atoms with Gasteiger partial charge in [-0.2, -0.15) is 0 Å². The van der Waals surface area contributed by atoms with Crippen LogP contribution in [0.1, 0.15) is 5.56 Å². The summed E-state index contributed by atoms with van der Waals surface area (Å²) >= 11 is 0. The van der Waals surface area contributed by atoms with Crippen molar-refractivity contribution >= 4 is 20.8 Å². The zero-order chi connectivity index (χ0) is 11.1. The fraction of sp³-hybridized carbons (Fsp3) is 0.100. The number of pyridine rings is 1. The third kappa shape index (κ3) is 1.84. The molecule has 2 rings (SSSR count). The van der Waals surface area contributed by atoms with Crippen LogP contribution >= 0.6 is 0 Å². The molecule has 1 aromatic heterocycles. The van der Waals surface area contributed by atoms with Crippen molar-refractivity contribution in [2.45, 2.75) is 11.8 Å². The molecule has 0 spiro atoms. The molecule has 0 aliphatic carbocycles. The van der Waals surface area contributed by atoms with Gasteiger partial charge in [0.1, 0.15) is 0 Å². The van der Waals surface area contributed by atoms with Gasteiger partial charge < -0.3 is 0 Å². The number of aromatic nitrogens is 1. The van der Waals surface area contributed by atoms with E-state index >= 15 is 0 Å². The van der Waals surface area contributed by atoms with E-state index in [2.05, 4.69) is 4.98 Å². The Morgan fingerprint density at radius 3 is 2.67 bits per heavy atom. The van der Waals surface area contributed by atoms with E-state index in [1.165, 1.54) is 0 Å². The van der Waals surface area contributed by atoms with Gasteiger partial charge in [-0.1, -0.05) is 0 Å². The van der Waals surface area contributed by atoms with Crippen molar-refractivity contribution in [3.05, 3.63) is 36.2 Å². The van der Waals surface area contributed by atoms with Crippen molar-refractivity contribution in [2.75, 3.05) is 0 Å². The standard InChI is InChI=1S/C10H10N2O2S/c1-7-4-9-6-12-3-2-8(9)5-10(7)15(11,13)14/h2-6H,1H3,(H2,11,13,14). The number of rotatable bonds is 1. The average molecular weight is 222 g/mol. The number of sulfonamides is 1. The van der Waals surface area contributed by atoms with E-state index in [0.717, 1.165) is 10.8 Å². The molecule has 0 bridgehead atoms.